The van der Waals surface area contributed by atoms with Gasteiger partial charge in [-0.2, -0.15) is 13.2 Å². The number of benzene rings is 2. The van der Waals surface area contributed by atoms with Crippen LogP contribution in [0.15, 0.2) is 48.5 Å². The summed E-state index contributed by atoms with van der Waals surface area (Å²) in [6.07, 6.45) is -3.56. The van der Waals surface area contributed by atoms with E-state index in [9.17, 15) is 31.2 Å². The first-order chi connectivity index (χ1) is 17.9. The molecule has 0 aliphatic rings. The molecule has 0 saturated carbocycles. The van der Waals surface area contributed by atoms with Crippen molar-refractivity contribution < 1.29 is 31.2 Å². The van der Waals surface area contributed by atoms with Crippen molar-refractivity contribution in [1.29, 1.82) is 0 Å². The molecule has 0 aliphatic carbocycles. The maximum Gasteiger partial charge on any atom is 0.416 e. The van der Waals surface area contributed by atoms with Crippen molar-refractivity contribution in [3.05, 3.63) is 64.7 Å². The molecule has 0 fully saturated rings. The standard InChI is InChI=1S/C27H35ClF3N3O4S/c1-6-23(25(36)32-26(2,3)4)33(18-19-11-7-8-14-22(19)28)24(35)15-10-16-34(39(5,37)38)21-13-9-12-20(17-21)27(29,30)31/h7-9,11-14,17,23H,6,10,15-16,18H2,1-5H3,(H,32,36)/t23-/m0/s1. The third-order valence-electron chi connectivity index (χ3n) is 5.80. The second-order valence-electron chi connectivity index (χ2n) is 10.3. The van der Waals surface area contributed by atoms with Gasteiger partial charge in [0.1, 0.15) is 6.04 Å². The van der Waals surface area contributed by atoms with E-state index in [-0.39, 0.29) is 37.5 Å². The van der Waals surface area contributed by atoms with Crippen molar-refractivity contribution in [2.75, 3.05) is 17.1 Å². The number of hydrogen-bond donors (Lipinski definition) is 1. The number of rotatable bonds is 11. The molecule has 2 aromatic rings. The van der Waals surface area contributed by atoms with Crippen LogP contribution in [-0.4, -0.2) is 49.5 Å². The summed E-state index contributed by atoms with van der Waals surface area (Å²) in [6, 6.07) is 10.1. The fourth-order valence-electron chi connectivity index (χ4n) is 4.02. The van der Waals surface area contributed by atoms with Gasteiger partial charge in [-0.15, -0.1) is 0 Å². The van der Waals surface area contributed by atoms with Crippen molar-refractivity contribution in [3.8, 4) is 0 Å². The topological polar surface area (TPSA) is 86.8 Å². The van der Waals surface area contributed by atoms with E-state index in [1.165, 1.54) is 11.0 Å². The van der Waals surface area contributed by atoms with E-state index in [4.69, 9.17) is 11.6 Å². The molecule has 0 spiro atoms. The van der Waals surface area contributed by atoms with Gasteiger partial charge in [0.2, 0.25) is 21.8 Å². The molecular formula is C27H35ClF3N3O4S. The fourth-order valence-corrected chi connectivity index (χ4v) is 5.18. The molecule has 0 unspecified atom stereocenters. The van der Waals surface area contributed by atoms with E-state index >= 15 is 0 Å². The molecule has 0 radical (unpaired) electrons. The van der Waals surface area contributed by atoms with Gasteiger partial charge >= 0.3 is 6.18 Å². The molecule has 0 aromatic heterocycles. The molecule has 2 rings (SSSR count). The minimum Gasteiger partial charge on any atom is -0.350 e. The lowest BCUT2D eigenvalue weighted by molar-refractivity contribution is -0.142. The van der Waals surface area contributed by atoms with E-state index in [0.717, 1.165) is 28.8 Å². The molecule has 7 nitrogen and oxygen atoms in total. The van der Waals surface area contributed by atoms with Gasteiger partial charge < -0.3 is 10.2 Å². The third-order valence-corrected chi connectivity index (χ3v) is 7.36. The van der Waals surface area contributed by atoms with E-state index in [2.05, 4.69) is 5.32 Å². The molecule has 216 valence electrons. The average molecular weight is 590 g/mol. The quantitative estimate of drug-likeness (QED) is 0.368. The number of nitrogens with zero attached hydrogens (tertiary/aromatic N) is 2. The second-order valence-corrected chi connectivity index (χ2v) is 12.6. The molecule has 1 atom stereocenters. The maximum absolute atomic E-state index is 13.5. The number of hydrogen-bond acceptors (Lipinski definition) is 4. The van der Waals surface area contributed by atoms with Gasteiger partial charge in [-0.25, -0.2) is 8.42 Å². The van der Waals surface area contributed by atoms with Crippen molar-refractivity contribution in [2.24, 2.45) is 0 Å². The molecule has 0 bridgehead atoms. The highest BCUT2D eigenvalue weighted by Gasteiger charge is 2.33. The smallest absolute Gasteiger partial charge is 0.350 e. The summed E-state index contributed by atoms with van der Waals surface area (Å²) in [7, 11) is -3.95. The summed E-state index contributed by atoms with van der Waals surface area (Å²) < 4.78 is 65.3. The minimum atomic E-state index is -4.64. The van der Waals surface area contributed by atoms with Crippen LogP contribution < -0.4 is 9.62 Å². The highest BCUT2D eigenvalue weighted by atomic mass is 35.5. The van der Waals surface area contributed by atoms with Gasteiger partial charge in [-0.1, -0.05) is 42.8 Å². The molecule has 2 amide bonds. The van der Waals surface area contributed by atoms with E-state index in [1.807, 2.05) is 20.8 Å². The molecule has 0 heterocycles. The monoisotopic (exact) mass is 589 g/mol. The Morgan fingerprint density at radius 1 is 1.05 bits per heavy atom. The van der Waals surface area contributed by atoms with Crippen molar-refractivity contribution in [3.63, 3.8) is 0 Å². The van der Waals surface area contributed by atoms with Crippen LogP contribution in [-0.2, 0) is 32.3 Å². The molecule has 1 N–H and O–H groups in total. The predicted octanol–water partition coefficient (Wildman–Crippen LogP) is 5.63. The predicted molar refractivity (Wildman–Crippen MR) is 147 cm³/mol. The zero-order chi connectivity index (χ0) is 29.6. The summed E-state index contributed by atoms with van der Waals surface area (Å²) >= 11 is 6.32. The minimum absolute atomic E-state index is 0.0124. The number of carbonyl (C=O) groups excluding carboxylic acids is 2. The number of anilines is 1. The summed E-state index contributed by atoms with van der Waals surface area (Å²) in [5.41, 5.74) is -1.03. The highest BCUT2D eigenvalue weighted by Crippen LogP contribution is 2.32. The van der Waals surface area contributed by atoms with E-state index in [1.54, 1.807) is 31.2 Å². The van der Waals surface area contributed by atoms with E-state index < -0.39 is 39.3 Å². The first-order valence-corrected chi connectivity index (χ1v) is 14.7. The van der Waals surface area contributed by atoms with Gasteiger partial charge in [0, 0.05) is 30.1 Å². The van der Waals surface area contributed by atoms with Gasteiger partial charge in [0.15, 0.2) is 0 Å². The Bertz CT molecular complexity index is 1260. The van der Waals surface area contributed by atoms with Crippen LogP contribution in [0.2, 0.25) is 5.02 Å². The Balaban J connectivity index is 2.29. The molecule has 0 saturated heterocycles. The van der Waals surface area contributed by atoms with Gasteiger partial charge in [-0.05, 0) is 63.4 Å². The molecule has 2 aromatic carbocycles. The van der Waals surface area contributed by atoms with Crippen molar-refractivity contribution in [1.82, 2.24) is 10.2 Å². The van der Waals surface area contributed by atoms with Crippen LogP contribution in [0.1, 0.15) is 58.1 Å². The summed E-state index contributed by atoms with van der Waals surface area (Å²) in [4.78, 5) is 28.0. The lowest BCUT2D eigenvalue weighted by Crippen LogP contribution is -2.53. The van der Waals surface area contributed by atoms with Crippen LogP contribution in [0, 0.1) is 0 Å². The van der Waals surface area contributed by atoms with Crippen LogP contribution in [0.5, 0.6) is 0 Å². The molecular weight excluding hydrogens is 555 g/mol. The van der Waals surface area contributed by atoms with Gasteiger partial charge in [0.05, 0.1) is 17.5 Å². The number of amides is 2. The second kappa shape index (κ2) is 13.0. The van der Waals surface area contributed by atoms with Crippen LogP contribution in [0.25, 0.3) is 0 Å². The maximum atomic E-state index is 13.5. The SMILES string of the molecule is CC[C@@H](C(=O)NC(C)(C)C)N(Cc1ccccc1Cl)C(=O)CCCN(c1cccc(C(F)(F)F)c1)S(C)(=O)=O. The third kappa shape index (κ3) is 9.72. The van der Waals surface area contributed by atoms with Gasteiger partial charge in [0.25, 0.3) is 0 Å². The summed E-state index contributed by atoms with van der Waals surface area (Å²) in [5, 5.41) is 3.32. The largest absolute Gasteiger partial charge is 0.416 e. The number of carbonyl (C=O) groups is 2. The normalized spacial score (nSPS) is 13.1. The molecule has 12 heteroatoms. The lowest BCUT2D eigenvalue weighted by Gasteiger charge is -2.33. The molecule has 0 aliphatic heterocycles. The number of sulfonamides is 1. The fraction of sp³-hybridized carbons (Fsp3) is 0.481. The first-order valence-electron chi connectivity index (χ1n) is 12.4. The summed E-state index contributed by atoms with van der Waals surface area (Å²) in [6.45, 7) is 7.08. The van der Waals surface area contributed by atoms with E-state index in [0.29, 0.717) is 17.0 Å². The molecule has 39 heavy (non-hydrogen) atoms. The Morgan fingerprint density at radius 3 is 2.23 bits per heavy atom. The summed E-state index contributed by atoms with van der Waals surface area (Å²) in [5.74, 6) is -0.754. The average Bonchev–Trinajstić information content (AvgIpc) is 2.80. The Kier molecular flexibility index (Phi) is 10.8. The zero-order valence-electron chi connectivity index (χ0n) is 22.7. The lowest BCUT2D eigenvalue weighted by atomic mass is 10.0. The number of nitrogens with one attached hydrogen (secondary N) is 1. The number of halogens is 4. The van der Waals surface area contributed by atoms with Crippen LogP contribution in [0.4, 0.5) is 18.9 Å². The van der Waals surface area contributed by atoms with Gasteiger partial charge in [-0.3, -0.25) is 13.9 Å². The van der Waals surface area contributed by atoms with Crippen LogP contribution in [0.3, 0.4) is 0 Å². The first kappa shape index (κ1) is 32.4. The highest BCUT2D eigenvalue weighted by molar-refractivity contribution is 7.92. The van der Waals surface area contributed by atoms with Crippen molar-refractivity contribution in [2.45, 2.75) is 71.3 Å². The zero-order valence-corrected chi connectivity index (χ0v) is 24.3. The van der Waals surface area contributed by atoms with Crippen molar-refractivity contribution >= 4 is 39.1 Å². The Hall–Kier alpha value is -2.79. The van der Waals surface area contributed by atoms with Crippen LogP contribution >= 0.6 is 11.6 Å². The Morgan fingerprint density at radius 2 is 1.69 bits per heavy atom. The number of alkyl halides is 3. The Labute approximate surface area is 233 Å².